The first kappa shape index (κ1) is 12.2. The Kier molecular flexibility index (Phi) is 5.13. The smallest absolute Gasteiger partial charge is 0.171 e. The fourth-order valence-electron chi connectivity index (χ4n) is 1.79. The Morgan fingerprint density at radius 1 is 1.07 bits per heavy atom. The molecule has 0 aliphatic heterocycles. The molecule has 1 aliphatic carbocycles. The van der Waals surface area contributed by atoms with Crippen LogP contribution in [0.5, 0.6) is 0 Å². The zero-order valence-electron chi connectivity index (χ0n) is 8.28. The lowest BCUT2D eigenvalue weighted by molar-refractivity contribution is -0.129. The molecule has 0 spiro atoms. The SMILES string of the molecule is FC(F)(F)CCSCC1CCCCC1. The van der Waals surface area contributed by atoms with E-state index in [-0.39, 0.29) is 5.75 Å². The molecule has 1 fully saturated rings. The minimum Gasteiger partial charge on any atom is -0.171 e. The molecule has 0 N–H and O–H groups in total. The highest BCUT2D eigenvalue weighted by Crippen LogP contribution is 2.28. The highest BCUT2D eigenvalue weighted by atomic mass is 32.2. The van der Waals surface area contributed by atoms with Gasteiger partial charge in [0.05, 0.1) is 6.42 Å². The molecule has 0 unspecified atom stereocenters. The average Bonchev–Trinajstić information content (AvgIpc) is 2.13. The summed E-state index contributed by atoms with van der Waals surface area (Å²) < 4.78 is 35.4. The molecule has 84 valence electrons. The van der Waals surface area contributed by atoms with Crippen LogP contribution in [0, 0.1) is 5.92 Å². The number of hydrogen-bond acceptors (Lipinski definition) is 1. The molecule has 1 saturated carbocycles. The van der Waals surface area contributed by atoms with Gasteiger partial charge >= 0.3 is 6.18 Å². The molecule has 0 aromatic carbocycles. The summed E-state index contributed by atoms with van der Waals surface area (Å²) in [5.41, 5.74) is 0. The van der Waals surface area contributed by atoms with Gasteiger partial charge in [0.15, 0.2) is 0 Å². The second kappa shape index (κ2) is 5.89. The summed E-state index contributed by atoms with van der Waals surface area (Å²) in [5.74, 6) is 1.85. The average molecular weight is 226 g/mol. The maximum absolute atomic E-state index is 11.8. The molecule has 0 atom stereocenters. The van der Waals surface area contributed by atoms with Crippen molar-refractivity contribution in [1.82, 2.24) is 0 Å². The van der Waals surface area contributed by atoms with Crippen molar-refractivity contribution in [3.05, 3.63) is 0 Å². The number of rotatable bonds is 4. The lowest BCUT2D eigenvalue weighted by Gasteiger charge is -2.20. The van der Waals surface area contributed by atoms with E-state index in [1.807, 2.05) is 0 Å². The zero-order valence-corrected chi connectivity index (χ0v) is 9.09. The third kappa shape index (κ3) is 5.78. The van der Waals surface area contributed by atoms with Gasteiger partial charge in [0, 0.05) is 5.75 Å². The van der Waals surface area contributed by atoms with Crippen molar-refractivity contribution in [2.24, 2.45) is 5.92 Å². The Morgan fingerprint density at radius 3 is 2.29 bits per heavy atom. The van der Waals surface area contributed by atoms with Crippen molar-refractivity contribution in [3.63, 3.8) is 0 Å². The van der Waals surface area contributed by atoms with Crippen LogP contribution in [0.15, 0.2) is 0 Å². The van der Waals surface area contributed by atoms with Gasteiger partial charge in [-0.3, -0.25) is 0 Å². The largest absolute Gasteiger partial charge is 0.389 e. The molecule has 0 heterocycles. The zero-order chi connectivity index (χ0) is 10.4. The Bertz CT molecular complexity index is 150. The first-order valence-corrected chi connectivity index (χ1v) is 6.38. The Labute approximate surface area is 87.6 Å². The van der Waals surface area contributed by atoms with Crippen LogP contribution in [0.25, 0.3) is 0 Å². The van der Waals surface area contributed by atoms with Gasteiger partial charge in [0.1, 0.15) is 0 Å². The molecule has 1 aliphatic rings. The Balaban J connectivity index is 1.97. The summed E-state index contributed by atoms with van der Waals surface area (Å²) in [6.45, 7) is 0. The van der Waals surface area contributed by atoms with E-state index in [1.54, 1.807) is 0 Å². The fraction of sp³-hybridized carbons (Fsp3) is 1.00. The topological polar surface area (TPSA) is 0 Å². The van der Waals surface area contributed by atoms with Gasteiger partial charge in [-0.15, -0.1) is 0 Å². The molecule has 14 heavy (non-hydrogen) atoms. The standard InChI is InChI=1S/C10H17F3S/c11-10(12,13)6-7-14-8-9-4-2-1-3-5-9/h9H,1-8H2. The predicted octanol–water partition coefficient (Wildman–Crippen LogP) is 4.25. The van der Waals surface area contributed by atoms with Crippen LogP contribution in [0.4, 0.5) is 13.2 Å². The van der Waals surface area contributed by atoms with Crippen molar-refractivity contribution in [3.8, 4) is 0 Å². The van der Waals surface area contributed by atoms with E-state index in [0.717, 1.165) is 5.75 Å². The third-order valence-electron chi connectivity index (χ3n) is 2.61. The van der Waals surface area contributed by atoms with Gasteiger partial charge in [-0.05, 0) is 24.5 Å². The van der Waals surface area contributed by atoms with Crippen molar-refractivity contribution in [1.29, 1.82) is 0 Å². The summed E-state index contributed by atoms with van der Waals surface area (Å²) in [7, 11) is 0. The summed E-state index contributed by atoms with van der Waals surface area (Å²) in [6.07, 6.45) is 1.68. The molecule has 0 bridgehead atoms. The first-order chi connectivity index (χ1) is 6.58. The van der Waals surface area contributed by atoms with E-state index in [2.05, 4.69) is 0 Å². The molecule has 0 nitrogen and oxygen atoms in total. The van der Waals surface area contributed by atoms with Crippen molar-refractivity contribution in [2.45, 2.75) is 44.7 Å². The van der Waals surface area contributed by atoms with Gasteiger partial charge < -0.3 is 0 Å². The molecule has 0 saturated heterocycles. The van der Waals surface area contributed by atoms with Crippen LogP contribution in [-0.4, -0.2) is 17.7 Å². The molecule has 0 aromatic heterocycles. The molecule has 0 amide bonds. The van der Waals surface area contributed by atoms with Crippen molar-refractivity contribution in [2.75, 3.05) is 11.5 Å². The van der Waals surface area contributed by atoms with Crippen LogP contribution in [0.2, 0.25) is 0 Å². The lowest BCUT2D eigenvalue weighted by atomic mass is 9.91. The minimum atomic E-state index is -3.97. The quantitative estimate of drug-likeness (QED) is 0.646. The summed E-state index contributed by atoms with van der Waals surface area (Å²) in [6, 6.07) is 0. The number of thioether (sulfide) groups is 1. The molecule has 0 radical (unpaired) electrons. The summed E-state index contributed by atoms with van der Waals surface area (Å²) in [5, 5.41) is 0. The Morgan fingerprint density at radius 2 is 1.71 bits per heavy atom. The van der Waals surface area contributed by atoms with Crippen LogP contribution in [0.1, 0.15) is 38.5 Å². The van der Waals surface area contributed by atoms with Crippen LogP contribution < -0.4 is 0 Å². The van der Waals surface area contributed by atoms with Gasteiger partial charge in [-0.2, -0.15) is 24.9 Å². The van der Waals surface area contributed by atoms with Gasteiger partial charge in [-0.25, -0.2) is 0 Å². The number of halogens is 3. The number of hydrogen-bond donors (Lipinski definition) is 0. The second-order valence-corrected chi connectivity index (χ2v) is 5.09. The van der Waals surface area contributed by atoms with Crippen LogP contribution in [0.3, 0.4) is 0 Å². The van der Waals surface area contributed by atoms with E-state index >= 15 is 0 Å². The van der Waals surface area contributed by atoms with Crippen molar-refractivity contribution < 1.29 is 13.2 Å². The Hall–Kier alpha value is 0.140. The maximum atomic E-state index is 11.8. The fourth-order valence-corrected chi connectivity index (χ4v) is 3.00. The summed E-state index contributed by atoms with van der Waals surface area (Å²) >= 11 is 1.47. The van der Waals surface area contributed by atoms with E-state index in [0.29, 0.717) is 5.92 Å². The number of alkyl halides is 3. The highest BCUT2D eigenvalue weighted by molar-refractivity contribution is 7.99. The molecule has 1 rings (SSSR count). The van der Waals surface area contributed by atoms with Crippen LogP contribution >= 0.6 is 11.8 Å². The van der Waals surface area contributed by atoms with Gasteiger partial charge in [0.2, 0.25) is 0 Å². The van der Waals surface area contributed by atoms with E-state index in [1.165, 1.54) is 43.9 Å². The normalized spacial score (nSPS) is 19.9. The predicted molar refractivity (Wildman–Crippen MR) is 54.6 cm³/mol. The third-order valence-corrected chi connectivity index (χ3v) is 3.81. The summed E-state index contributed by atoms with van der Waals surface area (Å²) in [4.78, 5) is 0. The molecule has 4 heteroatoms. The van der Waals surface area contributed by atoms with E-state index in [9.17, 15) is 13.2 Å². The van der Waals surface area contributed by atoms with Crippen molar-refractivity contribution >= 4 is 11.8 Å². The molecular weight excluding hydrogens is 209 g/mol. The lowest BCUT2D eigenvalue weighted by Crippen LogP contribution is -2.11. The second-order valence-electron chi connectivity index (χ2n) is 3.94. The van der Waals surface area contributed by atoms with E-state index < -0.39 is 12.6 Å². The van der Waals surface area contributed by atoms with Gasteiger partial charge in [0.25, 0.3) is 0 Å². The van der Waals surface area contributed by atoms with Gasteiger partial charge in [-0.1, -0.05) is 19.3 Å². The monoisotopic (exact) mass is 226 g/mol. The molecular formula is C10H17F3S. The first-order valence-electron chi connectivity index (χ1n) is 5.22. The minimum absolute atomic E-state index is 0.236. The highest BCUT2D eigenvalue weighted by Gasteiger charge is 2.26. The maximum Gasteiger partial charge on any atom is 0.389 e. The van der Waals surface area contributed by atoms with Crippen LogP contribution in [-0.2, 0) is 0 Å². The molecule has 0 aromatic rings. The van der Waals surface area contributed by atoms with E-state index in [4.69, 9.17) is 0 Å².